The van der Waals surface area contributed by atoms with E-state index in [4.69, 9.17) is 14.5 Å². The molecule has 0 saturated carbocycles. The van der Waals surface area contributed by atoms with Gasteiger partial charge in [0, 0.05) is 52.5 Å². The number of methoxy groups -OCH3 is 1. The van der Waals surface area contributed by atoms with Crippen molar-refractivity contribution in [3.8, 4) is 0 Å². The lowest BCUT2D eigenvalue weighted by Crippen LogP contribution is -2.47. The summed E-state index contributed by atoms with van der Waals surface area (Å²) in [4.78, 5) is 9.94. The zero-order chi connectivity index (χ0) is 22.6. The summed E-state index contributed by atoms with van der Waals surface area (Å²) < 4.78 is 11.1. The van der Waals surface area contributed by atoms with Crippen molar-refractivity contribution in [3.05, 3.63) is 35.4 Å². The van der Waals surface area contributed by atoms with Crippen LogP contribution < -0.4 is 5.32 Å². The number of nitrogens with one attached hydrogen (secondary N) is 1. The van der Waals surface area contributed by atoms with E-state index in [9.17, 15) is 0 Å². The first kappa shape index (κ1) is 25.0. The predicted octanol–water partition coefficient (Wildman–Crippen LogP) is 4.04. The molecular formula is C26H44N4O2. The average molecular weight is 445 g/mol. The molecule has 0 bridgehead atoms. The van der Waals surface area contributed by atoms with E-state index >= 15 is 0 Å². The van der Waals surface area contributed by atoms with Gasteiger partial charge in [0.1, 0.15) is 0 Å². The van der Waals surface area contributed by atoms with Gasteiger partial charge >= 0.3 is 0 Å². The van der Waals surface area contributed by atoms with Crippen LogP contribution in [0.4, 0.5) is 0 Å². The SMILES string of the molecule is CCNC(=NCc1ccc(CN2CCCCC2C)cc1)N1CCC(OCCCOC)CC1. The van der Waals surface area contributed by atoms with Crippen LogP contribution in [0.25, 0.3) is 0 Å². The van der Waals surface area contributed by atoms with Crippen LogP contribution in [0.15, 0.2) is 29.3 Å². The quantitative estimate of drug-likeness (QED) is 0.335. The van der Waals surface area contributed by atoms with Gasteiger partial charge in [0.15, 0.2) is 5.96 Å². The summed E-state index contributed by atoms with van der Waals surface area (Å²) >= 11 is 0. The number of aliphatic imine (C=N–C) groups is 1. The van der Waals surface area contributed by atoms with Gasteiger partial charge in [0.2, 0.25) is 0 Å². The Morgan fingerprint density at radius 2 is 1.78 bits per heavy atom. The maximum Gasteiger partial charge on any atom is 0.194 e. The maximum absolute atomic E-state index is 6.00. The number of ether oxygens (including phenoxy) is 2. The lowest BCUT2D eigenvalue weighted by Gasteiger charge is -2.34. The molecule has 2 fully saturated rings. The molecule has 0 aromatic heterocycles. The molecule has 2 heterocycles. The van der Waals surface area contributed by atoms with E-state index in [1.807, 2.05) is 0 Å². The van der Waals surface area contributed by atoms with Crippen LogP contribution in [0.2, 0.25) is 0 Å². The highest BCUT2D eigenvalue weighted by molar-refractivity contribution is 5.80. The van der Waals surface area contributed by atoms with Crippen molar-refractivity contribution in [3.63, 3.8) is 0 Å². The van der Waals surface area contributed by atoms with Crippen molar-refractivity contribution in [1.82, 2.24) is 15.1 Å². The number of piperidine rings is 2. The first-order chi connectivity index (χ1) is 15.7. The largest absolute Gasteiger partial charge is 0.385 e. The molecule has 0 spiro atoms. The van der Waals surface area contributed by atoms with Crippen molar-refractivity contribution in [2.45, 2.75) is 77.6 Å². The number of hydrogen-bond donors (Lipinski definition) is 1. The topological polar surface area (TPSA) is 49.3 Å². The Balaban J connectivity index is 1.47. The molecule has 3 rings (SSSR count). The number of hydrogen-bond acceptors (Lipinski definition) is 4. The summed E-state index contributed by atoms with van der Waals surface area (Å²) in [6.45, 7) is 12.0. The van der Waals surface area contributed by atoms with E-state index < -0.39 is 0 Å². The van der Waals surface area contributed by atoms with Crippen molar-refractivity contribution < 1.29 is 9.47 Å². The Bertz CT molecular complexity index is 671. The third-order valence-electron chi connectivity index (χ3n) is 6.68. The van der Waals surface area contributed by atoms with Gasteiger partial charge in [-0.15, -0.1) is 0 Å². The second kappa shape index (κ2) is 13.8. The van der Waals surface area contributed by atoms with E-state index in [0.717, 1.165) is 71.2 Å². The van der Waals surface area contributed by atoms with Crippen molar-refractivity contribution in [2.75, 3.05) is 46.5 Å². The van der Waals surface area contributed by atoms with Crippen LogP contribution in [0.3, 0.4) is 0 Å². The second-order valence-corrected chi connectivity index (χ2v) is 9.21. The summed E-state index contributed by atoms with van der Waals surface area (Å²) in [7, 11) is 1.74. The molecular weight excluding hydrogens is 400 g/mol. The summed E-state index contributed by atoms with van der Waals surface area (Å²) in [6.07, 6.45) is 7.49. The van der Waals surface area contributed by atoms with Crippen LogP contribution in [0.5, 0.6) is 0 Å². The Morgan fingerprint density at radius 3 is 2.47 bits per heavy atom. The van der Waals surface area contributed by atoms with E-state index in [1.54, 1.807) is 7.11 Å². The van der Waals surface area contributed by atoms with Crippen molar-refractivity contribution in [2.24, 2.45) is 4.99 Å². The van der Waals surface area contributed by atoms with E-state index in [-0.39, 0.29) is 0 Å². The minimum absolute atomic E-state index is 0.362. The normalized spacial score (nSPS) is 21.2. The van der Waals surface area contributed by atoms with E-state index in [2.05, 4.69) is 53.2 Å². The van der Waals surface area contributed by atoms with E-state index in [1.165, 1.54) is 36.9 Å². The standard InChI is InChI=1S/C26H44N4O2/c1-4-27-26(29-16-13-25(14-17-29)32-19-7-18-31-3)28-20-23-9-11-24(12-10-23)21-30-15-6-5-8-22(30)2/h9-12,22,25H,4-8,13-21H2,1-3H3,(H,27,28). The van der Waals surface area contributed by atoms with Crippen LogP contribution >= 0.6 is 0 Å². The molecule has 2 aliphatic heterocycles. The molecule has 6 nitrogen and oxygen atoms in total. The summed E-state index contributed by atoms with van der Waals surface area (Å²) in [6, 6.07) is 9.77. The summed E-state index contributed by atoms with van der Waals surface area (Å²) in [5, 5.41) is 3.48. The Labute approximate surface area is 195 Å². The molecule has 1 aromatic carbocycles. The molecule has 0 aliphatic carbocycles. The van der Waals surface area contributed by atoms with Gasteiger partial charge in [0.05, 0.1) is 12.6 Å². The van der Waals surface area contributed by atoms with Crippen LogP contribution in [0, 0.1) is 0 Å². The lowest BCUT2D eigenvalue weighted by molar-refractivity contribution is 0.00990. The van der Waals surface area contributed by atoms with Crippen LogP contribution in [-0.4, -0.2) is 74.4 Å². The van der Waals surface area contributed by atoms with Gasteiger partial charge in [-0.05, 0) is 63.6 Å². The number of rotatable bonds is 10. The first-order valence-corrected chi connectivity index (χ1v) is 12.6. The minimum Gasteiger partial charge on any atom is -0.385 e. The first-order valence-electron chi connectivity index (χ1n) is 12.6. The third kappa shape index (κ3) is 8.05. The Hall–Kier alpha value is -1.63. The molecule has 32 heavy (non-hydrogen) atoms. The molecule has 180 valence electrons. The van der Waals surface area contributed by atoms with Gasteiger partial charge in [-0.1, -0.05) is 30.7 Å². The number of benzene rings is 1. The Morgan fingerprint density at radius 1 is 1.03 bits per heavy atom. The smallest absolute Gasteiger partial charge is 0.194 e. The number of nitrogens with zero attached hydrogens (tertiary/aromatic N) is 3. The van der Waals surface area contributed by atoms with Crippen LogP contribution in [0.1, 0.15) is 63.5 Å². The summed E-state index contributed by atoms with van der Waals surface area (Å²) in [5.41, 5.74) is 2.68. The zero-order valence-corrected chi connectivity index (χ0v) is 20.5. The highest BCUT2D eigenvalue weighted by atomic mass is 16.5. The maximum atomic E-state index is 6.00. The highest BCUT2D eigenvalue weighted by Crippen LogP contribution is 2.19. The number of guanidine groups is 1. The fourth-order valence-corrected chi connectivity index (χ4v) is 4.66. The third-order valence-corrected chi connectivity index (χ3v) is 6.68. The second-order valence-electron chi connectivity index (χ2n) is 9.21. The van der Waals surface area contributed by atoms with Gasteiger partial charge in [-0.25, -0.2) is 4.99 Å². The molecule has 1 N–H and O–H groups in total. The zero-order valence-electron chi connectivity index (χ0n) is 20.5. The van der Waals surface area contributed by atoms with Gasteiger partial charge < -0.3 is 19.7 Å². The molecule has 0 radical (unpaired) electrons. The number of likely N-dealkylation sites (tertiary alicyclic amines) is 2. The van der Waals surface area contributed by atoms with Gasteiger partial charge in [0.25, 0.3) is 0 Å². The molecule has 1 atom stereocenters. The highest BCUT2D eigenvalue weighted by Gasteiger charge is 2.22. The molecule has 2 saturated heterocycles. The molecule has 6 heteroatoms. The predicted molar refractivity (Wildman–Crippen MR) is 132 cm³/mol. The van der Waals surface area contributed by atoms with E-state index in [0.29, 0.717) is 12.1 Å². The lowest BCUT2D eigenvalue weighted by atomic mass is 10.0. The monoisotopic (exact) mass is 444 g/mol. The average Bonchev–Trinajstić information content (AvgIpc) is 2.82. The van der Waals surface area contributed by atoms with Gasteiger partial charge in [-0.2, -0.15) is 0 Å². The van der Waals surface area contributed by atoms with Crippen molar-refractivity contribution >= 4 is 5.96 Å². The fraction of sp³-hybridized carbons (Fsp3) is 0.731. The molecule has 1 unspecified atom stereocenters. The molecule has 1 aromatic rings. The molecule has 2 aliphatic rings. The van der Waals surface area contributed by atoms with Gasteiger partial charge in [-0.3, -0.25) is 4.90 Å². The Kier molecular flexibility index (Phi) is 10.8. The minimum atomic E-state index is 0.362. The van der Waals surface area contributed by atoms with Crippen molar-refractivity contribution in [1.29, 1.82) is 0 Å². The van der Waals surface area contributed by atoms with Crippen LogP contribution in [-0.2, 0) is 22.6 Å². The molecule has 0 amide bonds. The summed E-state index contributed by atoms with van der Waals surface area (Å²) in [5.74, 6) is 1.02. The fourth-order valence-electron chi connectivity index (χ4n) is 4.66.